The van der Waals surface area contributed by atoms with Crippen molar-refractivity contribution < 1.29 is 4.79 Å². The van der Waals surface area contributed by atoms with Gasteiger partial charge in [-0.2, -0.15) is 0 Å². The van der Waals surface area contributed by atoms with Crippen molar-refractivity contribution in [3.63, 3.8) is 0 Å². The number of rotatable bonds is 6. The highest BCUT2D eigenvalue weighted by atomic mass is 16.1. The van der Waals surface area contributed by atoms with Crippen molar-refractivity contribution in [2.45, 2.75) is 45.6 Å². The molecule has 0 fully saturated rings. The molecule has 1 aromatic rings. The monoisotopic (exact) mass is 262 g/mol. The van der Waals surface area contributed by atoms with Crippen molar-refractivity contribution in [2.24, 2.45) is 0 Å². The van der Waals surface area contributed by atoms with Crippen molar-refractivity contribution in [1.29, 1.82) is 0 Å². The number of hydrogen-bond donors (Lipinski definition) is 2. The molecule has 2 N–H and O–H groups in total. The number of carbonyl (C=O) groups is 1. The van der Waals surface area contributed by atoms with Gasteiger partial charge < -0.3 is 10.6 Å². The summed E-state index contributed by atoms with van der Waals surface area (Å²) in [6.07, 6.45) is 0.527. The molecule has 3 nitrogen and oxygen atoms in total. The summed E-state index contributed by atoms with van der Waals surface area (Å²) in [5.74, 6) is 0.459. The molecule has 1 amide bonds. The van der Waals surface area contributed by atoms with Gasteiger partial charge in [0.1, 0.15) is 0 Å². The van der Waals surface area contributed by atoms with Crippen LogP contribution in [0, 0.1) is 0 Å². The van der Waals surface area contributed by atoms with Crippen molar-refractivity contribution in [1.82, 2.24) is 10.6 Å². The lowest BCUT2D eigenvalue weighted by Crippen LogP contribution is -2.38. The molecule has 3 heteroatoms. The molecule has 0 aliphatic heterocycles. The van der Waals surface area contributed by atoms with Crippen LogP contribution in [-0.2, 0) is 4.79 Å². The zero-order valence-corrected chi connectivity index (χ0v) is 12.5. The fraction of sp³-hybridized carbons (Fsp3) is 0.562. The summed E-state index contributed by atoms with van der Waals surface area (Å²) >= 11 is 0. The Morgan fingerprint density at radius 2 is 1.84 bits per heavy atom. The second kappa shape index (κ2) is 7.29. The van der Waals surface area contributed by atoms with Gasteiger partial charge in [-0.3, -0.25) is 4.79 Å². The van der Waals surface area contributed by atoms with Gasteiger partial charge in [0, 0.05) is 25.0 Å². The molecule has 0 spiro atoms. The van der Waals surface area contributed by atoms with E-state index in [1.54, 1.807) is 0 Å². The molecule has 1 rings (SSSR count). The summed E-state index contributed by atoms with van der Waals surface area (Å²) in [4.78, 5) is 11.7. The van der Waals surface area contributed by atoms with E-state index in [1.165, 1.54) is 5.56 Å². The Kier molecular flexibility index (Phi) is 6.03. The Balaban J connectivity index is 2.23. The minimum atomic E-state index is 0.0671. The van der Waals surface area contributed by atoms with E-state index in [4.69, 9.17) is 0 Å². The average Bonchev–Trinajstić information content (AvgIpc) is 2.35. The molecule has 106 valence electrons. The van der Waals surface area contributed by atoms with E-state index in [0.717, 1.165) is 6.54 Å². The van der Waals surface area contributed by atoms with E-state index in [9.17, 15) is 4.79 Å². The van der Waals surface area contributed by atoms with Crippen LogP contribution in [0.15, 0.2) is 30.3 Å². The molecular weight excluding hydrogens is 236 g/mol. The molecule has 1 unspecified atom stereocenters. The molecule has 1 aromatic carbocycles. The molecule has 1 atom stereocenters. The van der Waals surface area contributed by atoms with E-state index >= 15 is 0 Å². The lowest BCUT2D eigenvalue weighted by atomic mass is 10.0. The van der Waals surface area contributed by atoms with Gasteiger partial charge in [-0.25, -0.2) is 0 Å². The molecular formula is C16H26N2O. The maximum Gasteiger partial charge on any atom is 0.221 e. The van der Waals surface area contributed by atoms with E-state index in [0.29, 0.717) is 18.9 Å². The third-order valence-corrected chi connectivity index (χ3v) is 2.98. The first-order valence-electron chi connectivity index (χ1n) is 6.95. The number of nitrogens with one attached hydrogen (secondary N) is 2. The van der Waals surface area contributed by atoms with Crippen LogP contribution in [0.1, 0.15) is 45.6 Å². The molecule has 19 heavy (non-hydrogen) atoms. The third kappa shape index (κ3) is 6.97. The van der Waals surface area contributed by atoms with Crippen molar-refractivity contribution >= 4 is 5.91 Å². The van der Waals surface area contributed by atoms with Gasteiger partial charge in [-0.05, 0) is 32.3 Å². The Bertz CT molecular complexity index is 381. The lowest BCUT2D eigenvalue weighted by molar-refractivity contribution is -0.121. The summed E-state index contributed by atoms with van der Waals surface area (Å²) in [5, 5.41) is 6.30. The smallest absolute Gasteiger partial charge is 0.221 e. The zero-order valence-electron chi connectivity index (χ0n) is 12.5. The fourth-order valence-electron chi connectivity index (χ4n) is 1.81. The number of carbonyl (C=O) groups excluding carboxylic acids is 1. The van der Waals surface area contributed by atoms with Gasteiger partial charge >= 0.3 is 0 Å². The maximum atomic E-state index is 11.7. The summed E-state index contributed by atoms with van der Waals surface area (Å²) in [7, 11) is 0. The number of benzene rings is 1. The highest BCUT2D eigenvalue weighted by Gasteiger charge is 2.10. The van der Waals surface area contributed by atoms with Crippen LogP contribution in [0.25, 0.3) is 0 Å². The highest BCUT2D eigenvalue weighted by molar-refractivity contribution is 5.76. The van der Waals surface area contributed by atoms with Gasteiger partial charge in [-0.15, -0.1) is 0 Å². The van der Waals surface area contributed by atoms with Gasteiger partial charge in [0.25, 0.3) is 0 Å². The summed E-state index contributed by atoms with van der Waals surface area (Å²) < 4.78 is 0. The summed E-state index contributed by atoms with van der Waals surface area (Å²) in [5.41, 5.74) is 1.33. The molecule has 0 radical (unpaired) electrons. The predicted octanol–water partition coefficient (Wildman–Crippen LogP) is 2.68. The maximum absolute atomic E-state index is 11.7. The second-order valence-corrected chi connectivity index (χ2v) is 6.04. The van der Waals surface area contributed by atoms with E-state index in [1.807, 2.05) is 18.2 Å². The topological polar surface area (TPSA) is 41.1 Å². The third-order valence-electron chi connectivity index (χ3n) is 2.98. The Morgan fingerprint density at radius 1 is 1.21 bits per heavy atom. The number of amides is 1. The van der Waals surface area contributed by atoms with Crippen LogP contribution in [0.2, 0.25) is 0 Å². The van der Waals surface area contributed by atoms with Crippen molar-refractivity contribution in [3.8, 4) is 0 Å². The predicted molar refractivity (Wildman–Crippen MR) is 80.2 cm³/mol. The van der Waals surface area contributed by atoms with Gasteiger partial charge in [0.2, 0.25) is 5.91 Å². The molecule has 0 aromatic heterocycles. The zero-order chi connectivity index (χ0) is 14.3. The van der Waals surface area contributed by atoms with Crippen LogP contribution in [-0.4, -0.2) is 24.5 Å². The fourth-order valence-corrected chi connectivity index (χ4v) is 1.81. The molecule has 0 bridgehead atoms. The van der Waals surface area contributed by atoms with E-state index < -0.39 is 0 Å². The first kappa shape index (κ1) is 15.7. The quantitative estimate of drug-likeness (QED) is 0.827. The van der Waals surface area contributed by atoms with Gasteiger partial charge in [-0.1, -0.05) is 37.3 Å². The van der Waals surface area contributed by atoms with Crippen LogP contribution in [0.5, 0.6) is 0 Å². The van der Waals surface area contributed by atoms with Gasteiger partial charge in [0.15, 0.2) is 0 Å². The van der Waals surface area contributed by atoms with E-state index in [2.05, 4.69) is 50.5 Å². The first-order valence-corrected chi connectivity index (χ1v) is 6.95. The first-order chi connectivity index (χ1) is 8.88. The number of hydrogen-bond acceptors (Lipinski definition) is 2. The standard InChI is InChI=1S/C16H26N2O/c1-13(14-8-6-5-7-9-14)12-17-15(19)10-11-18-16(2,3)4/h5-9,13,18H,10-12H2,1-4H3,(H,17,19). The minimum Gasteiger partial charge on any atom is -0.355 e. The van der Waals surface area contributed by atoms with Crippen LogP contribution in [0.4, 0.5) is 0 Å². The SMILES string of the molecule is CC(CNC(=O)CCNC(C)(C)C)c1ccccc1. The minimum absolute atomic E-state index is 0.0671. The Morgan fingerprint density at radius 3 is 2.42 bits per heavy atom. The van der Waals surface area contributed by atoms with Crippen LogP contribution >= 0.6 is 0 Å². The highest BCUT2D eigenvalue weighted by Crippen LogP contribution is 2.12. The van der Waals surface area contributed by atoms with Crippen LogP contribution in [0.3, 0.4) is 0 Å². The van der Waals surface area contributed by atoms with Crippen molar-refractivity contribution in [2.75, 3.05) is 13.1 Å². The Hall–Kier alpha value is -1.35. The van der Waals surface area contributed by atoms with Gasteiger partial charge in [0.05, 0.1) is 0 Å². The molecule has 0 heterocycles. The molecule has 0 aliphatic carbocycles. The molecule has 0 aliphatic rings. The van der Waals surface area contributed by atoms with Crippen LogP contribution < -0.4 is 10.6 Å². The molecule has 0 saturated heterocycles. The summed E-state index contributed by atoms with van der Waals surface area (Å²) in [6.45, 7) is 9.84. The lowest BCUT2D eigenvalue weighted by Gasteiger charge is -2.20. The Labute approximate surface area is 116 Å². The van der Waals surface area contributed by atoms with E-state index in [-0.39, 0.29) is 11.4 Å². The van der Waals surface area contributed by atoms with Crippen molar-refractivity contribution in [3.05, 3.63) is 35.9 Å². The average molecular weight is 262 g/mol. The largest absolute Gasteiger partial charge is 0.355 e. The summed E-state index contributed by atoms with van der Waals surface area (Å²) in [6, 6.07) is 10.3. The normalized spacial score (nSPS) is 13.1. The second-order valence-electron chi connectivity index (χ2n) is 6.04. The molecule has 0 saturated carbocycles.